The van der Waals surface area contributed by atoms with Gasteiger partial charge in [-0.2, -0.15) is 13.2 Å². The number of carbonyl (C=O) groups is 4. The first-order valence-electron chi connectivity index (χ1n) is 16.0. The number of amides is 4. The van der Waals surface area contributed by atoms with Crippen LogP contribution in [0.2, 0.25) is 0 Å². The highest BCUT2D eigenvalue weighted by Crippen LogP contribution is 2.24. The molecule has 2 aromatic carbocycles. The summed E-state index contributed by atoms with van der Waals surface area (Å²) in [7, 11) is 0. The summed E-state index contributed by atoms with van der Waals surface area (Å²) in [6.45, 7) is 4.65. The molecule has 270 valence electrons. The third-order valence-corrected chi connectivity index (χ3v) is 7.86. The number of hydrogen-bond acceptors (Lipinski definition) is 8. The zero-order valence-electron chi connectivity index (χ0n) is 27.9. The van der Waals surface area contributed by atoms with Crippen LogP contribution in [-0.2, 0) is 20.8 Å². The molecule has 15 heteroatoms. The molecule has 12 nitrogen and oxygen atoms in total. The lowest BCUT2D eigenvalue weighted by Gasteiger charge is -2.28. The normalized spacial score (nSPS) is 15.2. The molecule has 6 unspecified atom stereocenters. The van der Waals surface area contributed by atoms with Crippen LogP contribution < -0.4 is 27.0 Å². The number of aliphatic hydroxyl groups is 2. The highest BCUT2D eigenvalue weighted by Gasteiger charge is 2.44. The lowest BCUT2D eigenvalue weighted by Crippen LogP contribution is -2.59. The van der Waals surface area contributed by atoms with E-state index in [9.17, 15) is 42.6 Å². The average Bonchev–Trinajstić information content (AvgIpc) is 3.08. The summed E-state index contributed by atoms with van der Waals surface area (Å²) in [4.78, 5) is 57.3. The Labute approximate surface area is 288 Å². The van der Waals surface area contributed by atoms with Crippen LogP contribution in [0.25, 0.3) is 11.1 Å². The topological polar surface area (TPSA) is 196 Å². The van der Waals surface area contributed by atoms with E-state index in [1.807, 2.05) is 6.07 Å². The SMILES string of the molecule is CC(NC(=O)C(Cc1ccccc1)NC(=O)C(NC(=O)c1ccc(-c2cccnc2)cc1)C(C)C)C(=O)NC(CCC(N)O)C(O)C(F)(F)F. The van der Waals surface area contributed by atoms with E-state index in [1.54, 1.807) is 86.9 Å². The van der Waals surface area contributed by atoms with Crippen LogP contribution in [0.1, 0.15) is 49.5 Å². The van der Waals surface area contributed by atoms with Crippen molar-refractivity contribution < 1.29 is 42.6 Å². The van der Waals surface area contributed by atoms with E-state index in [4.69, 9.17) is 5.73 Å². The summed E-state index contributed by atoms with van der Waals surface area (Å²) >= 11 is 0. The molecular formula is C35H43F3N6O6. The van der Waals surface area contributed by atoms with Gasteiger partial charge in [0, 0.05) is 24.4 Å². The monoisotopic (exact) mass is 700 g/mol. The summed E-state index contributed by atoms with van der Waals surface area (Å²) in [5.74, 6) is -3.49. The summed E-state index contributed by atoms with van der Waals surface area (Å²) in [5, 5.41) is 29.0. The number of rotatable bonds is 16. The number of halogens is 3. The molecule has 0 saturated carbocycles. The van der Waals surface area contributed by atoms with Crippen molar-refractivity contribution >= 4 is 23.6 Å². The van der Waals surface area contributed by atoms with E-state index >= 15 is 0 Å². The first-order chi connectivity index (χ1) is 23.6. The molecule has 0 aliphatic rings. The Kier molecular flexibility index (Phi) is 14.4. The molecule has 1 heterocycles. The summed E-state index contributed by atoms with van der Waals surface area (Å²) in [6.07, 6.45) is -7.06. The van der Waals surface area contributed by atoms with E-state index in [2.05, 4.69) is 26.3 Å². The smallest absolute Gasteiger partial charge is 0.382 e. The van der Waals surface area contributed by atoms with Gasteiger partial charge in [-0.1, -0.05) is 62.4 Å². The highest BCUT2D eigenvalue weighted by molar-refractivity contribution is 5.99. The fourth-order valence-electron chi connectivity index (χ4n) is 5.00. The number of alkyl halides is 3. The Hall–Kier alpha value is -4.86. The molecule has 3 rings (SSSR count). The molecule has 50 heavy (non-hydrogen) atoms. The van der Waals surface area contributed by atoms with Gasteiger partial charge < -0.3 is 37.2 Å². The fourth-order valence-corrected chi connectivity index (χ4v) is 5.00. The van der Waals surface area contributed by atoms with Crippen LogP contribution >= 0.6 is 0 Å². The van der Waals surface area contributed by atoms with Crippen LogP contribution in [0.4, 0.5) is 13.2 Å². The maximum atomic E-state index is 13.6. The van der Waals surface area contributed by atoms with Gasteiger partial charge in [0.05, 0.1) is 6.04 Å². The predicted molar refractivity (Wildman–Crippen MR) is 179 cm³/mol. The second kappa shape index (κ2) is 18.2. The van der Waals surface area contributed by atoms with Gasteiger partial charge in [-0.25, -0.2) is 0 Å². The van der Waals surface area contributed by atoms with E-state index in [1.165, 1.54) is 6.92 Å². The minimum atomic E-state index is -5.08. The quantitative estimate of drug-likeness (QED) is 0.111. The summed E-state index contributed by atoms with van der Waals surface area (Å²) in [5.41, 5.74) is 7.87. The average molecular weight is 701 g/mol. The van der Waals surface area contributed by atoms with Crippen molar-refractivity contribution in [3.05, 3.63) is 90.3 Å². The van der Waals surface area contributed by atoms with Crippen molar-refractivity contribution in [2.75, 3.05) is 0 Å². The van der Waals surface area contributed by atoms with Gasteiger partial charge in [0.2, 0.25) is 17.7 Å². The number of aliphatic hydroxyl groups excluding tert-OH is 2. The van der Waals surface area contributed by atoms with E-state index in [0.29, 0.717) is 11.1 Å². The van der Waals surface area contributed by atoms with Crippen LogP contribution in [-0.4, -0.2) is 81.5 Å². The minimum Gasteiger partial charge on any atom is -0.382 e. The lowest BCUT2D eigenvalue weighted by atomic mass is 10.00. The molecule has 3 aromatic rings. The van der Waals surface area contributed by atoms with Gasteiger partial charge in [0.15, 0.2) is 6.10 Å². The number of nitrogens with two attached hydrogens (primary N) is 1. The molecule has 0 aliphatic carbocycles. The van der Waals surface area contributed by atoms with Crippen molar-refractivity contribution in [2.24, 2.45) is 11.7 Å². The van der Waals surface area contributed by atoms with E-state index in [0.717, 1.165) is 11.1 Å². The molecule has 0 fully saturated rings. The van der Waals surface area contributed by atoms with E-state index < -0.39 is 78.6 Å². The van der Waals surface area contributed by atoms with Crippen LogP contribution in [0.15, 0.2) is 79.1 Å². The van der Waals surface area contributed by atoms with E-state index in [-0.39, 0.29) is 12.8 Å². The Balaban J connectivity index is 1.74. The maximum absolute atomic E-state index is 13.6. The third-order valence-electron chi connectivity index (χ3n) is 7.86. The number of pyridine rings is 1. The first-order valence-corrected chi connectivity index (χ1v) is 16.0. The maximum Gasteiger partial charge on any atom is 0.416 e. The van der Waals surface area contributed by atoms with Crippen molar-refractivity contribution in [3.8, 4) is 11.1 Å². The van der Waals surface area contributed by atoms with Crippen molar-refractivity contribution in [2.45, 2.75) is 82.7 Å². The van der Waals surface area contributed by atoms with Gasteiger partial charge in [-0.15, -0.1) is 0 Å². The zero-order valence-corrected chi connectivity index (χ0v) is 27.9. The van der Waals surface area contributed by atoms with Crippen LogP contribution in [0, 0.1) is 5.92 Å². The number of nitrogens with one attached hydrogen (secondary N) is 4. The minimum absolute atomic E-state index is 0.0227. The largest absolute Gasteiger partial charge is 0.416 e. The molecule has 0 spiro atoms. The second-order valence-electron chi connectivity index (χ2n) is 12.2. The fraction of sp³-hybridized carbons (Fsp3) is 0.400. The molecule has 6 atom stereocenters. The summed E-state index contributed by atoms with van der Waals surface area (Å²) < 4.78 is 39.8. The van der Waals surface area contributed by atoms with Crippen molar-refractivity contribution in [1.82, 2.24) is 26.3 Å². The molecule has 0 saturated heterocycles. The number of benzene rings is 2. The number of nitrogens with zero attached hydrogens (tertiary/aromatic N) is 1. The Morgan fingerprint density at radius 3 is 2.00 bits per heavy atom. The Morgan fingerprint density at radius 2 is 1.44 bits per heavy atom. The van der Waals surface area contributed by atoms with Crippen LogP contribution in [0.3, 0.4) is 0 Å². The first kappa shape index (κ1) is 39.6. The molecule has 0 aliphatic heterocycles. The van der Waals surface area contributed by atoms with Crippen molar-refractivity contribution in [3.63, 3.8) is 0 Å². The molecule has 0 radical (unpaired) electrons. The van der Waals surface area contributed by atoms with Crippen molar-refractivity contribution in [1.29, 1.82) is 0 Å². The molecule has 1 aromatic heterocycles. The molecular weight excluding hydrogens is 657 g/mol. The summed E-state index contributed by atoms with van der Waals surface area (Å²) in [6, 6.07) is 13.4. The molecule has 4 amide bonds. The lowest BCUT2D eigenvalue weighted by molar-refractivity contribution is -0.213. The molecule has 8 N–H and O–H groups in total. The third kappa shape index (κ3) is 11.9. The number of hydrogen-bond donors (Lipinski definition) is 7. The van der Waals surface area contributed by atoms with Crippen LogP contribution in [0.5, 0.6) is 0 Å². The van der Waals surface area contributed by atoms with Gasteiger partial charge in [0.1, 0.15) is 24.4 Å². The predicted octanol–water partition coefficient (Wildman–Crippen LogP) is 2.20. The second-order valence-corrected chi connectivity index (χ2v) is 12.2. The van der Waals surface area contributed by atoms with Gasteiger partial charge in [0.25, 0.3) is 5.91 Å². The van der Waals surface area contributed by atoms with Gasteiger partial charge in [-0.3, -0.25) is 24.2 Å². The zero-order chi connectivity index (χ0) is 37.0. The highest BCUT2D eigenvalue weighted by atomic mass is 19.4. The standard InChI is InChI=1S/C35H43F3N6O6/c1-20(2)29(44-32(48)24-13-11-23(12-14-24)25-10-7-17-40-19-25)34(50)43-27(18-22-8-5-4-6-9-22)33(49)41-21(3)31(47)42-26(15-16-28(39)45)30(46)35(36,37)38/h4-14,17,19-21,26-30,45-46H,15-16,18,39H2,1-3H3,(H,41,49)(H,42,47)(H,43,50)(H,44,48). The Bertz CT molecular complexity index is 1560. The number of carbonyl (C=O) groups excluding carboxylic acids is 4. The molecule has 0 bridgehead atoms. The Morgan fingerprint density at radius 1 is 0.780 bits per heavy atom. The van der Waals surface area contributed by atoms with Gasteiger partial charge >= 0.3 is 6.18 Å². The number of aromatic nitrogens is 1. The van der Waals surface area contributed by atoms with Gasteiger partial charge in [-0.05, 0) is 60.6 Å².